The van der Waals surface area contributed by atoms with Crippen molar-refractivity contribution >= 4 is 0 Å². The van der Waals surface area contributed by atoms with Crippen molar-refractivity contribution in [2.75, 3.05) is 0 Å². The second-order valence-electron chi connectivity index (χ2n) is 3.25. The first kappa shape index (κ1) is 12.5. The van der Waals surface area contributed by atoms with Crippen LogP contribution in [0.5, 0.6) is 0 Å². The van der Waals surface area contributed by atoms with Gasteiger partial charge < -0.3 is 9.67 Å². The Hall–Kier alpha value is -1.61. The van der Waals surface area contributed by atoms with Crippen LogP contribution in [0.4, 0.5) is 0 Å². The molecule has 2 rings (SSSR count). The summed E-state index contributed by atoms with van der Waals surface area (Å²) in [6.07, 6.45) is 3.37. The molecule has 0 aliphatic carbocycles. The third kappa shape index (κ3) is 2.70. The second-order valence-corrected chi connectivity index (χ2v) is 3.25. The minimum absolute atomic E-state index is 0.00781. The maximum absolute atomic E-state index is 9.06. The van der Waals surface area contributed by atoms with E-state index in [0.717, 1.165) is 11.4 Å². The Morgan fingerprint density at radius 3 is 2.38 bits per heavy atom. The molecule has 1 aromatic heterocycles. The molecule has 1 aromatic carbocycles. The summed E-state index contributed by atoms with van der Waals surface area (Å²) in [5, 5.41) is 9.06. The molecule has 0 unspecified atom stereocenters. The summed E-state index contributed by atoms with van der Waals surface area (Å²) in [7, 11) is 0. The molecule has 3 nitrogen and oxygen atoms in total. The van der Waals surface area contributed by atoms with E-state index in [9.17, 15) is 0 Å². The SMILES string of the molecule is CC.Cc1ccc(-n2cncc2CO)cc1. The van der Waals surface area contributed by atoms with Crippen molar-refractivity contribution in [3.63, 3.8) is 0 Å². The molecule has 3 heteroatoms. The lowest BCUT2D eigenvalue weighted by molar-refractivity contribution is 0.274. The smallest absolute Gasteiger partial charge is 0.0995 e. The minimum Gasteiger partial charge on any atom is -0.390 e. The molecule has 0 bridgehead atoms. The largest absolute Gasteiger partial charge is 0.390 e. The summed E-state index contributed by atoms with van der Waals surface area (Å²) in [6, 6.07) is 8.10. The third-order valence-corrected chi connectivity index (χ3v) is 2.19. The molecule has 16 heavy (non-hydrogen) atoms. The normalized spacial score (nSPS) is 9.50. The average Bonchev–Trinajstić information content (AvgIpc) is 2.81. The highest BCUT2D eigenvalue weighted by molar-refractivity contribution is 5.35. The van der Waals surface area contributed by atoms with Crippen molar-refractivity contribution < 1.29 is 5.11 Å². The maximum Gasteiger partial charge on any atom is 0.0995 e. The van der Waals surface area contributed by atoms with Crippen molar-refractivity contribution in [2.24, 2.45) is 0 Å². The fourth-order valence-corrected chi connectivity index (χ4v) is 1.38. The van der Waals surface area contributed by atoms with E-state index in [-0.39, 0.29) is 6.61 Å². The molecular formula is C13H18N2O. The van der Waals surface area contributed by atoms with E-state index in [1.807, 2.05) is 49.6 Å². The van der Waals surface area contributed by atoms with Crippen molar-refractivity contribution in [1.29, 1.82) is 0 Å². The van der Waals surface area contributed by atoms with Crippen LogP contribution in [0.2, 0.25) is 0 Å². The highest BCUT2D eigenvalue weighted by Gasteiger charge is 2.01. The van der Waals surface area contributed by atoms with Gasteiger partial charge in [0, 0.05) is 5.69 Å². The van der Waals surface area contributed by atoms with E-state index in [0.29, 0.717) is 0 Å². The number of nitrogens with zero attached hydrogens (tertiary/aromatic N) is 2. The number of rotatable bonds is 2. The quantitative estimate of drug-likeness (QED) is 0.841. The monoisotopic (exact) mass is 218 g/mol. The molecule has 0 aliphatic heterocycles. The third-order valence-electron chi connectivity index (χ3n) is 2.19. The van der Waals surface area contributed by atoms with Crippen LogP contribution in [0, 0.1) is 6.92 Å². The first-order valence-electron chi connectivity index (χ1n) is 5.50. The number of hydrogen-bond acceptors (Lipinski definition) is 2. The number of aliphatic hydroxyl groups excluding tert-OH is 1. The summed E-state index contributed by atoms with van der Waals surface area (Å²) < 4.78 is 1.87. The van der Waals surface area contributed by atoms with E-state index in [1.54, 1.807) is 12.5 Å². The molecule has 1 heterocycles. The Morgan fingerprint density at radius 1 is 1.19 bits per heavy atom. The molecule has 0 fully saturated rings. The van der Waals surface area contributed by atoms with Gasteiger partial charge in [0.15, 0.2) is 0 Å². The van der Waals surface area contributed by atoms with Gasteiger partial charge in [-0.15, -0.1) is 0 Å². The lowest BCUT2D eigenvalue weighted by Gasteiger charge is -2.05. The molecule has 1 N–H and O–H groups in total. The maximum atomic E-state index is 9.06. The van der Waals surface area contributed by atoms with Crippen molar-refractivity contribution in [3.8, 4) is 5.69 Å². The Labute approximate surface area is 96.4 Å². The van der Waals surface area contributed by atoms with Crippen molar-refractivity contribution in [1.82, 2.24) is 9.55 Å². The molecule has 86 valence electrons. The first-order valence-corrected chi connectivity index (χ1v) is 5.50. The summed E-state index contributed by atoms with van der Waals surface area (Å²) in [4.78, 5) is 3.99. The Kier molecular flexibility index (Phi) is 4.73. The molecule has 0 saturated carbocycles. The van der Waals surface area contributed by atoms with Gasteiger partial charge in [-0.05, 0) is 19.1 Å². The molecule has 0 amide bonds. The van der Waals surface area contributed by atoms with Crippen molar-refractivity contribution in [2.45, 2.75) is 27.4 Å². The number of aryl methyl sites for hydroxylation is 1. The van der Waals surface area contributed by atoms with E-state index >= 15 is 0 Å². The lowest BCUT2D eigenvalue weighted by atomic mass is 10.2. The van der Waals surface area contributed by atoms with Crippen LogP contribution in [0.1, 0.15) is 25.1 Å². The molecule has 0 radical (unpaired) electrons. The predicted octanol–water partition coefficient (Wildman–Crippen LogP) is 2.70. The fraction of sp³-hybridized carbons (Fsp3) is 0.308. The van der Waals surface area contributed by atoms with E-state index in [4.69, 9.17) is 5.11 Å². The van der Waals surface area contributed by atoms with Gasteiger partial charge >= 0.3 is 0 Å². The molecule has 0 aliphatic rings. The molecule has 0 spiro atoms. The van der Waals surface area contributed by atoms with Gasteiger partial charge in [-0.25, -0.2) is 4.98 Å². The predicted molar refractivity (Wildman–Crippen MR) is 65.6 cm³/mol. The van der Waals surface area contributed by atoms with Crippen LogP contribution in [-0.4, -0.2) is 14.7 Å². The number of imidazole rings is 1. The van der Waals surface area contributed by atoms with Gasteiger partial charge in [-0.2, -0.15) is 0 Å². The lowest BCUT2D eigenvalue weighted by Crippen LogP contribution is -1.98. The van der Waals surface area contributed by atoms with Gasteiger partial charge in [-0.1, -0.05) is 31.5 Å². The summed E-state index contributed by atoms with van der Waals surface area (Å²) in [6.45, 7) is 6.05. The van der Waals surface area contributed by atoms with E-state index in [1.165, 1.54) is 5.56 Å². The highest BCUT2D eigenvalue weighted by Crippen LogP contribution is 2.11. The molecule has 0 atom stereocenters. The Bertz CT molecular complexity index is 418. The average molecular weight is 218 g/mol. The number of aliphatic hydroxyl groups is 1. The zero-order chi connectivity index (χ0) is 12.0. The summed E-state index contributed by atoms with van der Waals surface area (Å²) >= 11 is 0. The molecule has 0 saturated heterocycles. The van der Waals surface area contributed by atoms with Gasteiger partial charge in [0.05, 0.1) is 24.8 Å². The highest BCUT2D eigenvalue weighted by atomic mass is 16.3. The zero-order valence-corrected chi connectivity index (χ0v) is 10.0. The standard InChI is InChI=1S/C11H12N2O.C2H6/c1-9-2-4-10(5-3-9)13-8-12-6-11(13)7-14;1-2/h2-6,8,14H,7H2,1H3;1-2H3. The number of hydrogen-bond donors (Lipinski definition) is 1. The van der Waals surface area contributed by atoms with Gasteiger partial charge in [0.2, 0.25) is 0 Å². The fourth-order valence-electron chi connectivity index (χ4n) is 1.38. The van der Waals surface area contributed by atoms with Crippen LogP contribution in [0.3, 0.4) is 0 Å². The van der Waals surface area contributed by atoms with E-state index in [2.05, 4.69) is 4.98 Å². The Morgan fingerprint density at radius 2 is 1.81 bits per heavy atom. The number of aromatic nitrogens is 2. The molecular weight excluding hydrogens is 200 g/mol. The first-order chi connectivity index (χ1) is 7.81. The summed E-state index contributed by atoms with van der Waals surface area (Å²) in [5.41, 5.74) is 3.05. The van der Waals surface area contributed by atoms with Crippen LogP contribution in [-0.2, 0) is 6.61 Å². The van der Waals surface area contributed by atoms with Crippen LogP contribution in [0.25, 0.3) is 5.69 Å². The summed E-state index contributed by atoms with van der Waals surface area (Å²) in [5.74, 6) is 0. The van der Waals surface area contributed by atoms with Crippen LogP contribution < -0.4 is 0 Å². The Balaban J connectivity index is 0.000000606. The zero-order valence-electron chi connectivity index (χ0n) is 10.0. The number of benzene rings is 1. The van der Waals surface area contributed by atoms with Crippen LogP contribution >= 0.6 is 0 Å². The van der Waals surface area contributed by atoms with Crippen molar-refractivity contribution in [3.05, 3.63) is 48.0 Å². The van der Waals surface area contributed by atoms with Gasteiger partial charge in [0.1, 0.15) is 0 Å². The van der Waals surface area contributed by atoms with Gasteiger partial charge in [0.25, 0.3) is 0 Å². The van der Waals surface area contributed by atoms with Gasteiger partial charge in [-0.3, -0.25) is 0 Å². The minimum atomic E-state index is 0.00781. The van der Waals surface area contributed by atoms with E-state index < -0.39 is 0 Å². The topological polar surface area (TPSA) is 38.0 Å². The van der Waals surface area contributed by atoms with Crippen LogP contribution in [0.15, 0.2) is 36.8 Å². The molecule has 2 aromatic rings. The second kappa shape index (κ2) is 6.08.